The minimum absolute atomic E-state index is 0.131. The predicted molar refractivity (Wildman–Crippen MR) is 446 cm³/mol. The number of carbonyl (C=O) groups excluding carboxylic acids is 7. The van der Waals surface area contributed by atoms with Gasteiger partial charge in [0.2, 0.25) is 53.4 Å². The number of ether oxygens (including phenoxy) is 8. The molecule has 0 aliphatic carbocycles. The van der Waals surface area contributed by atoms with Crippen LogP contribution < -0.4 is 68.2 Å². The number of carbonyl (C=O) groups is 8. The molecule has 126 heavy (non-hydrogen) atoms. The summed E-state index contributed by atoms with van der Waals surface area (Å²) in [6.45, 7) is 5.42. The number of aliphatic hydroxyl groups excluding tert-OH is 8. The number of aromatic hydroxyl groups is 3. The smallest absolute Gasteiger partial charge is 0.330 e. The fraction of sp³-hybridized carbons (Fsp3) is 0.422. The molecule has 0 radical (unpaired) electrons. The van der Waals surface area contributed by atoms with E-state index in [0.29, 0.717) is 10.0 Å². The Morgan fingerprint density at radius 3 is 1.93 bits per heavy atom. The lowest BCUT2D eigenvalue weighted by Gasteiger charge is -2.46. The summed E-state index contributed by atoms with van der Waals surface area (Å²) in [4.78, 5) is 122. The number of aliphatic hydroxyl groups is 8. The Balaban J connectivity index is 0.964. The van der Waals surface area contributed by atoms with Gasteiger partial charge in [0.05, 0.1) is 51.4 Å². The number of carboxylic acid groups (broad SMARTS) is 1. The standard InChI is InChI=1S/C83H92Cl4N10O28S/c1-30(2)16-45(90-5)74(110)96-62-64(103)34-8-13-49(43(86)19-34)119-51-21-36-22-52(71(51)124-82-69(108)67(106)72(54(29-98)122-82)125-81-68(107)66(105)65(104)53(121-81)28-91-27-38-10-15-55(126-38)32-6-11-41(84)42(85)18-32)120-50-14-9-35(20-44(50)87)70(123-57-26-83(4,89)73(109)31(3)118-57)63-79(115)95-61(80(116)117)40-23-37(99)24-48(101)58(40)39-17-33(7-12-47(39)100)59(76(112)97-63)94-77(113)60(36)93-75(111)46(25-56(88)102)92-78(62)114/h6-15,17-24,30-31,45-46,53-54,57,59-70,72-73,81-82,90-91,98-101,103-109H,16,25-29,89H2,1-5H3,(H2,88,102)(H,92,114)(H,93,111)(H,94,113)(H,95,115)(H,96,110)(H,97,112)(H,116,117)/t31-,45+,46+,53+,54+,57?,59+,60+,61+,62?,63-,64+,65-,66-,67+,68+,69+,70+,72+,73-,81-,82-,83-/m0/s1. The third-order valence-corrected chi connectivity index (χ3v) is 24.7. The van der Waals surface area contributed by atoms with Crippen LogP contribution in [0.15, 0.2) is 109 Å². The number of aliphatic carboxylic acids is 1. The summed E-state index contributed by atoms with van der Waals surface area (Å²) in [7, 11) is 1.46. The highest BCUT2D eigenvalue weighted by molar-refractivity contribution is 7.15. The minimum atomic E-state index is -2.43. The summed E-state index contributed by atoms with van der Waals surface area (Å²) in [5.41, 5.74) is 8.77. The second-order valence-electron chi connectivity index (χ2n) is 31.9. The molecule has 7 amide bonds. The number of thiophene rings is 1. The maximum absolute atomic E-state index is 16.4. The number of nitrogens with two attached hydrogens (primary N) is 2. The number of fused-ring (bicyclic) bond motifs is 15. The van der Waals surface area contributed by atoms with E-state index in [4.69, 9.17) is 95.8 Å². The average Bonchev–Trinajstić information content (AvgIpc) is 0.874. The van der Waals surface area contributed by atoms with Crippen LogP contribution in [0.2, 0.25) is 20.1 Å². The van der Waals surface area contributed by atoms with Crippen LogP contribution >= 0.6 is 57.7 Å². The third kappa shape index (κ3) is 20.3. The molecule has 38 nitrogen and oxygen atoms in total. The Kier molecular flexibility index (Phi) is 29.0. The normalized spacial score (nSPS) is 29.6. The first-order valence-corrected chi connectivity index (χ1v) is 41.9. The molecule has 8 aliphatic rings. The van der Waals surface area contributed by atoms with E-state index in [1.54, 1.807) is 32.0 Å². The van der Waals surface area contributed by atoms with Gasteiger partial charge in [0.25, 0.3) is 0 Å². The van der Waals surface area contributed by atoms with E-state index in [0.717, 1.165) is 82.0 Å². The van der Waals surface area contributed by atoms with E-state index >= 15 is 24.0 Å². The number of hydrogen-bond acceptors (Lipinski definition) is 31. The molecule has 6 aromatic carbocycles. The van der Waals surface area contributed by atoms with Crippen LogP contribution in [-0.2, 0) is 68.6 Å². The van der Waals surface area contributed by atoms with Gasteiger partial charge in [-0.1, -0.05) is 84.5 Å². The number of carboxylic acids is 1. The van der Waals surface area contributed by atoms with Crippen LogP contribution in [0.3, 0.4) is 0 Å². The van der Waals surface area contributed by atoms with Gasteiger partial charge in [0.1, 0.15) is 120 Å². The molecule has 23 atom stereocenters. The number of hydrogen-bond donors (Lipinski definition) is 22. The van der Waals surface area contributed by atoms with E-state index in [2.05, 4.69) is 42.5 Å². The summed E-state index contributed by atoms with van der Waals surface area (Å²) in [6, 6.07) is 7.81. The minimum Gasteiger partial charge on any atom is -0.508 e. The first-order chi connectivity index (χ1) is 59.7. The summed E-state index contributed by atoms with van der Waals surface area (Å²) < 4.78 is 51.2. The highest BCUT2D eigenvalue weighted by Gasteiger charge is 2.53. The molecular formula is C83H92Cl4N10O28S. The third-order valence-electron chi connectivity index (χ3n) is 22.2. The highest BCUT2D eigenvalue weighted by atomic mass is 35.5. The monoisotopic (exact) mass is 1850 g/mol. The zero-order valence-corrected chi connectivity index (χ0v) is 71.2. The van der Waals surface area contributed by atoms with Crippen molar-refractivity contribution in [2.45, 2.75) is 193 Å². The Labute approximate surface area is 741 Å². The van der Waals surface area contributed by atoms with Crippen LogP contribution in [-0.4, -0.2) is 238 Å². The number of phenols is 3. The molecule has 3 fully saturated rings. The maximum Gasteiger partial charge on any atom is 0.330 e. The van der Waals surface area contributed by atoms with Gasteiger partial charge in [-0.3, -0.25) is 33.6 Å². The highest BCUT2D eigenvalue weighted by Crippen LogP contribution is 2.51. The lowest BCUT2D eigenvalue weighted by molar-refractivity contribution is -0.350. The van der Waals surface area contributed by atoms with Crippen LogP contribution in [0.4, 0.5) is 0 Å². The zero-order valence-electron chi connectivity index (χ0n) is 67.4. The quantitative estimate of drug-likeness (QED) is 0.0521. The largest absolute Gasteiger partial charge is 0.508 e. The lowest BCUT2D eigenvalue weighted by atomic mass is 9.86. The van der Waals surface area contributed by atoms with E-state index in [1.165, 1.54) is 44.4 Å². The van der Waals surface area contributed by atoms with Gasteiger partial charge in [0, 0.05) is 57.6 Å². The number of amides is 7. The second-order valence-corrected chi connectivity index (χ2v) is 34.7. The van der Waals surface area contributed by atoms with Gasteiger partial charge in [-0.25, -0.2) is 4.79 Å². The molecule has 676 valence electrons. The Morgan fingerprint density at radius 2 is 1.29 bits per heavy atom. The topological polar surface area (TPSA) is 601 Å². The van der Waals surface area contributed by atoms with Gasteiger partial charge in [-0.15, -0.1) is 11.3 Å². The van der Waals surface area contributed by atoms with Gasteiger partial charge in [-0.05, 0) is 140 Å². The molecule has 24 N–H and O–H groups in total. The summed E-state index contributed by atoms with van der Waals surface area (Å²) in [6.07, 6.45) is -29.2. The summed E-state index contributed by atoms with van der Waals surface area (Å²) >= 11 is 28.3. The zero-order chi connectivity index (χ0) is 91.1. The van der Waals surface area contributed by atoms with Gasteiger partial charge in [0.15, 0.2) is 30.1 Å². The second kappa shape index (κ2) is 39.0. The maximum atomic E-state index is 16.4. The van der Waals surface area contributed by atoms with Crippen molar-refractivity contribution in [3.8, 4) is 67.6 Å². The van der Waals surface area contributed by atoms with Crippen LogP contribution in [0.25, 0.3) is 21.6 Å². The molecule has 0 saturated carbocycles. The van der Waals surface area contributed by atoms with Crippen molar-refractivity contribution < 1.29 is 138 Å². The van der Waals surface area contributed by atoms with Crippen LogP contribution in [0.5, 0.6) is 46.0 Å². The Bertz CT molecular complexity index is 5310. The SMILES string of the molecule is CN[C@H](CC(C)C)C(=O)NC1C(=O)N[C@H](CC(N)=O)C(=O)N[C@H]2C(=O)N[C@H]3C(=O)N[C@H](C(=O)N[C@@H](C(=O)O)c4cc(O)cc(O)c4-c4cc3ccc4O)[C@H](OC3C[C@](C)(N)[C@@H](O)[C@H](C)O3)c3ccc(c(Cl)c3)Oc3cc2cc(c3O[C@@H]2O[C@H](CO)[C@@H](O[C@@H]3O[C@H](CNCc4ccc(-c5ccc(Cl)c(Cl)c5)s4)[C@H](O)[C@H](O)[C@H]3O)[C@H](O)[C@H]2O)Oc2ccc(cc2Cl)[C@H]1O. The fourth-order valence-corrected chi connectivity index (χ4v) is 17.3. The Morgan fingerprint density at radius 1 is 0.643 bits per heavy atom. The van der Waals surface area contributed by atoms with Crippen molar-refractivity contribution >= 4 is 105 Å². The van der Waals surface area contributed by atoms with E-state index in [-0.39, 0.29) is 43.0 Å². The number of rotatable bonds is 20. The molecule has 15 rings (SSSR count). The molecular weight excluding hydrogens is 1760 g/mol. The molecule has 11 bridgehead atoms. The van der Waals surface area contributed by atoms with Crippen LogP contribution in [0.1, 0.15) is 110 Å². The molecule has 0 spiro atoms. The number of phenolic OH excluding ortho intramolecular Hbond substituents is 3. The van der Waals surface area contributed by atoms with Crippen molar-refractivity contribution in [2.24, 2.45) is 17.4 Å². The fourth-order valence-electron chi connectivity index (χ4n) is 15.6. The number of halogens is 4. The van der Waals surface area contributed by atoms with Crippen molar-refractivity contribution in [1.29, 1.82) is 0 Å². The Hall–Kier alpha value is -9.90. The molecule has 43 heteroatoms. The van der Waals surface area contributed by atoms with E-state index in [1.807, 2.05) is 12.1 Å². The summed E-state index contributed by atoms with van der Waals surface area (Å²) in [5, 5.41) is 160. The van der Waals surface area contributed by atoms with Gasteiger partial charge in [-0.2, -0.15) is 0 Å². The van der Waals surface area contributed by atoms with Crippen molar-refractivity contribution in [3.63, 3.8) is 0 Å². The average molecular weight is 1850 g/mol. The van der Waals surface area contributed by atoms with Crippen molar-refractivity contribution in [3.05, 3.63) is 162 Å². The summed E-state index contributed by atoms with van der Waals surface area (Å²) in [5.74, 6) is -16.7. The predicted octanol–water partition coefficient (Wildman–Crippen LogP) is 2.76. The van der Waals surface area contributed by atoms with Gasteiger partial charge < -0.3 is 153 Å². The van der Waals surface area contributed by atoms with Gasteiger partial charge >= 0.3 is 5.97 Å². The van der Waals surface area contributed by atoms with Crippen molar-refractivity contribution in [2.75, 3.05) is 20.2 Å². The molecule has 7 aromatic rings. The number of benzene rings is 6. The number of primary amides is 1. The molecule has 3 saturated heterocycles. The molecule has 1 aromatic heterocycles. The van der Waals surface area contributed by atoms with Crippen molar-refractivity contribution in [1.82, 2.24) is 42.5 Å². The van der Waals surface area contributed by atoms with E-state index < -0.39 is 284 Å². The number of likely N-dealkylation sites (N-methyl/N-ethyl adjacent to an activating group) is 1. The lowest BCUT2D eigenvalue weighted by Crippen LogP contribution is -2.65. The van der Waals surface area contributed by atoms with Crippen LogP contribution in [0, 0.1) is 5.92 Å². The number of nitrogens with one attached hydrogen (secondary N) is 8. The molecule has 2 unspecified atom stereocenters. The first kappa shape index (κ1) is 93.7. The molecule has 8 aliphatic heterocycles. The first-order valence-electron chi connectivity index (χ1n) is 39.6. The molecule has 9 heterocycles. The van der Waals surface area contributed by atoms with E-state index in [9.17, 15) is 75.7 Å².